The normalized spacial score (nSPS) is 11.5. The van der Waals surface area contributed by atoms with E-state index in [9.17, 15) is 0 Å². The molecule has 0 atom stereocenters. The van der Waals surface area contributed by atoms with Gasteiger partial charge in [-0.05, 0) is 81.9 Å². The van der Waals surface area contributed by atoms with Crippen LogP contribution in [0, 0.1) is 0 Å². The quantitative estimate of drug-likeness (QED) is 0.179. The zero-order valence-electron chi connectivity index (χ0n) is 27.7. The maximum absolute atomic E-state index is 6.66. The van der Waals surface area contributed by atoms with E-state index in [-0.39, 0.29) is 0 Å². The van der Waals surface area contributed by atoms with Crippen LogP contribution in [0.5, 0.6) is 0 Å². The molecule has 51 heavy (non-hydrogen) atoms. The third-order valence-corrected chi connectivity index (χ3v) is 9.88. The van der Waals surface area contributed by atoms with Crippen LogP contribution >= 0.6 is 0 Å². The molecule has 0 N–H and O–H groups in total. The van der Waals surface area contributed by atoms with Crippen LogP contribution in [0.2, 0.25) is 0 Å². The predicted octanol–water partition coefficient (Wildman–Crippen LogP) is 14.0. The Kier molecular flexibility index (Phi) is 6.81. The zero-order valence-corrected chi connectivity index (χ0v) is 27.7. The number of benzene rings is 8. The first-order chi connectivity index (χ1) is 25.3. The molecule has 10 aromatic rings. The number of nitrogens with zero attached hydrogens (tertiary/aromatic N) is 1. The van der Waals surface area contributed by atoms with Gasteiger partial charge in [0.1, 0.15) is 22.3 Å². The Morgan fingerprint density at radius 2 is 0.745 bits per heavy atom. The summed E-state index contributed by atoms with van der Waals surface area (Å²) in [5, 5.41) is 4.37. The van der Waals surface area contributed by atoms with Crippen LogP contribution in [0.3, 0.4) is 0 Å². The highest BCUT2D eigenvalue weighted by atomic mass is 16.3. The van der Waals surface area contributed by atoms with E-state index >= 15 is 0 Å². The molecule has 0 aliphatic rings. The summed E-state index contributed by atoms with van der Waals surface area (Å²) in [7, 11) is 0. The van der Waals surface area contributed by atoms with Crippen LogP contribution in [-0.2, 0) is 0 Å². The second-order valence-electron chi connectivity index (χ2n) is 12.9. The van der Waals surface area contributed by atoms with E-state index in [4.69, 9.17) is 8.83 Å². The van der Waals surface area contributed by atoms with E-state index in [0.29, 0.717) is 0 Å². The van der Waals surface area contributed by atoms with Gasteiger partial charge in [0.15, 0.2) is 0 Å². The van der Waals surface area contributed by atoms with Gasteiger partial charge < -0.3 is 13.7 Å². The number of para-hydroxylation sites is 2. The minimum atomic E-state index is 0.834. The molecular formula is C48H31NO2. The number of rotatable bonds is 6. The van der Waals surface area contributed by atoms with Crippen molar-refractivity contribution in [2.75, 3.05) is 4.90 Å². The van der Waals surface area contributed by atoms with Gasteiger partial charge in [0.25, 0.3) is 0 Å². The first-order valence-electron chi connectivity index (χ1n) is 17.3. The Morgan fingerprint density at radius 3 is 1.31 bits per heavy atom. The van der Waals surface area contributed by atoms with E-state index in [2.05, 4.69) is 175 Å². The lowest BCUT2D eigenvalue weighted by atomic mass is 9.94. The molecule has 3 heteroatoms. The van der Waals surface area contributed by atoms with E-state index in [1.807, 2.05) is 18.2 Å². The molecular weight excluding hydrogens is 623 g/mol. The maximum Gasteiger partial charge on any atom is 0.138 e. The molecule has 2 heterocycles. The Labute approximate surface area is 295 Å². The topological polar surface area (TPSA) is 29.5 Å². The Hall–Kier alpha value is -6.84. The van der Waals surface area contributed by atoms with Crippen LogP contribution in [0.25, 0.3) is 77.3 Å². The first-order valence-corrected chi connectivity index (χ1v) is 17.3. The fourth-order valence-electron chi connectivity index (χ4n) is 7.49. The molecule has 0 aliphatic heterocycles. The van der Waals surface area contributed by atoms with Crippen molar-refractivity contribution in [3.05, 3.63) is 188 Å². The molecule has 0 radical (unpaired) electrons. The van der Waals surface area contributed by atoms with Crippen LogP contribution in [-0.4, -0.2) is 0 Å². The summed E-state index contributed by atoms with van der Waals surface area (Å²) in [6.45, 7) is 0. The second kappa shape index (κ2) is 11.9. The van der Waals surface area contributed by atoms with Crippen LogP contribution in [0.1, 0.15) is 0 Å². The van der Waals surface area contributed by atoms with Crippen molar-refractivity contribution in [1.82, 2.24) is 0 Å². The average Bonchev–Trinajstić information content (AvgIpc) is 3.78. The molecule has 0 amide bonds. The summed E-state index contributed by atoms with van der Waals surface area (Å²) in [6, 6.07) is 66.1. The van der Waals surface area contributed by atoms with E-state index in [0.717, 1.165) is 72.1 Å². The average molecular weight is 654 g/mol. The lowest BCUT2D eigenvalue weighted by Crippen LogP contribution is -2.10. The van der Waals surface area contributed by atoms with E-state index in [1.54, 1.807) is 0 Å². The highest BCUT2D eigenvalue weighted by molar-refractivity contribution is 6.20. The molecule has 0 saturated heterocycles. The van der Waals surface area contributed by atoms with Gasteiger partial charge >= 0.3 is 0 Å². The number of hydrogen-bond acceptors (Lipinski definition) is 3. The molecule has 0 unspecified atom stereocenters. The van der Waals surface area contributed by atoms with Gasteiger partial charge in [-0.25, -0.2) is 0 Å². The number of furan rings is 2. The number of fused-ring (bicyclic) bond motifs is 6. The SMILES string of the molecule is c1ccc(-c2ccc(N(c3ccc(-c4ccccc4)cc3)c3cc(-c4cccc5oc6ccccc6c45)c4c(c3)oc3ccccc34)cc2)cc1. The summed E-state index contributed by atoms with van der Waals surface area (Å²) in [5.41, 5.74) is 13.5. The Bertz CT molecular complexity index is 2750. The zero-order chi connectivity index (χ0) is 33.7. The second-order valence-corrected chi connectivity index (χ2v) is 12.9. The van der Waals surface area contributed by atoms with Crippen LogP contribution in [0.4, 0.5) is 17.1 Å². The Morgan fingerprint density at radius 1 is 0.294 bits per heavy atom. The summed E-state index contributed by atoms with van der Waals surface area (Å²) in [4.78, 5) is 2.33. The van der Waals surface area contributed by atoms with Gasteiger partial charge in [0.05, 0.1) is 5.69 Å². The van der Waals surface area contributed by atoms with Crippen molar-refractivity contribution in [2.45, 2.75) is 0 Å². The lowest BCUT2D eigenvalue weighted by Gasteiger charge is -2.27. The monoisotopic (exact) mass is 653 g/mol. The fourth-order valence-corrected chi connectivity index (χ4v) is 7.49. The fraction of sp³-hybridized carbons (Fsp3) is 0. The third kappa shape index (κ3) is 4.98. The summed E-state index contributed by atoms with van der Waals surface area (Å²) >= 11 is 0. The molecule has 0 fully saturated rings. The largest absolute Gasteiger partial charge is 0.456 e. The summed E-state index contributed by atoms with van der Waals surface area (Å²) in [5.74, 6) is 0. The van der Waals surface area contributed by atoms with Crippen molar-refractivity contribution in [2.24, 2.45) is 0 Å². The summed E-state index contributed by atoms with van der Waals surface area (Å²) in [6.07, 6.45) is 0. The van der Waals surface area contributed by atoms with Gasteiger partial charge in [-0.1, -0.05) is 133 Å². The van der Waals surface area contributed by atoms with Crippen LogP contribution < -0.4 is 4.90 Å². The van der Waals surface area contributed by atoms with Crippen molar-refractivity contribution in [3.63, 3.8) is 0 Å². The first kappa shape index (κ1) is 29.1. The highest BCUT2D eigenvalue weighted by Crippen LogP contribution is 2.46. The minimum absolute atomic E-state index is 0.834. The van der Waals surface area contributed by atoms with Crippen molar-refractivity contribution in [1.29, 1.82) is 0 Å². The predicted molar refractivity (Wildman–Crippen MR) is 212 cm³/mol. The molecule has 0 aliphatic carbocycles. The lowest BCUT2D eigenvalue weighted by molar-refractivity contribution is 0.668. The molecule has 2 aromatic heterocycles. The van der Waals surface area contributed by atoms with Crippen molar-refractivity contribution >= 4 is 60.9 Å². The molecule has 0 bridgehead atoms. The van der Waals surface area contributed by atoms with E-state index in [1.165, 1.54) is 22.3 Å². The van der Waals surface area contributed by atoms with Crippen LogP contribution in [0.15, 0.2) is 197 Å². The van der Waals surface area contributed by atoms with E-state index < -0.39 is 0 Å². The molecule has 10 rings (SSSR count). The molecule has 240 valence electrons. The number of anilines is 3. The molecule has 3 nitrogen and oxygen atoms in total. The van der Waals surface area contributed by atoms with Gasteiger partial charge in [0, 0.05) is 39.0 Å². The van der Waals surface area contributed by atoms with Gasteiger partial charge in [-0.3, -0.25) is 0 Å². The van der Waals surface area contributed by atoms with Crippen molar-refractivity contribution < 1.29 is 8.83 Å². The Balaban J connectivity index is 1.22. The summed E-state index contributed by atoms with van der Waals surface area (Å²) < 4.78 is 13.0. The number of hydrogen-bond donors (Lipinski definition) is 0. The minimum Gasteiger partial charge on any atom is -0.456 e. The molecule has 8 aromatic carbocycles. The smallest absolute Gasteiger partial charge is 0.138 e. The molecule has 0 saturated carbocycles. The standard InChI is InChI=1S/C48H31NO2/c1-3-12-32(13-4-1)34-22-26-36(27-23-34)49(37-28-24-35(25-29-37)33-14-5-2-6-15-33)38-30-42(48-41-17-8-10-20-44(41)51-46(48)31-38)39-18-11-21-45-47(39)40-16-7-9-19-43(40)50-45/h1-31H. The third-order valence-electron chi connectivity index (χ3n) is 9.88. The van der Waals surface area contributed by atoms with Gasteiger partial charge in [0.2, 0.25) is 0 Å². The molecule has 0 spiro atoms. The van der Waals surface area contributed by atoms with Crippen molar-refractivity contribution in [3.8, 4) is 33.4 Å². The van der Waals surface area contributed by atoms with Gasteiger partial charge in [-0.2, -0.15) is 0 Å². The van der Waals surface area contributed by atoms with Gasteiger partial charge in [-0.15, -0.1) is 0 Å². The maximum atomic E-state index is 6.66. The highest BCUT2D eigenvalue weighted by Gasteiger charge is 2.22.